The average Bonchev–Trinajstić information content (AvgIpc) is 2.95. The van der Waals surface area contributed by atoms with Crippen molar-refractivity contribution < 1.29 is 9.32 Å². The minimum atomic E-state index is -0.0838. The van der Waals surface area contributed by atoms with Crippen LogP contribution in [0.4, 0.5) is 11.4 Å². The fourth-order valence-corrected chi connectivity index (χ4v) is 2.04. The summed E-state index contributed by atoms with van der Waals surface area (Å²) < 4.78 is 5.29. The normalized spacial score (nSPS) is 12.0. The second kappa shape index (κ2) is 7.59. The highest BCUT2D eigenvalue weighted by Crippen LogP contribution is 2.20. The molecule has 2 aromatic rings. The van der Waals surface area contributed by atoms with Crippen LogP contribution < -0.4 is 10.6 Å². The lowest BCUT2D eigenvalue weighted by Crippen LogP contribution is -2.08. The SMILES string of the molecule is CCCCc1noc(C(C)Nc2ccc(NC(C)=O)cc2)n1. The molecule has 1 aromatic heterocycles. The Hall–Kier alpha value is -2.37. The van der Waals surface area contributed by atoms with Crippen molar-refractivity contribution in [2.75, 3.05) is 10.6 Å². The van der Waals surface area contributed by atoms with Crippen LogP contribution >= 0.6 is 0 Å². The average molecular weight is 302 g/mol. The number of aromatic nitrogens is 2. The van der Waals surface area contributed by atoms with Crippen LogP contribution in [0.25, 0.3) is 0 Å². The molecule has 2 N–H and O–H groups in total. The largest absolute Gasteiger partial charge is 0.374 e. The van der Waals surface area contributed by atoms with Gasteiger partial charge in [0.25, 0.3) is 0 Å². The van der Waals surface area contributed by atoms with E-state index >= 15 is 0 Å². The van der Waals surface area contributed by atoms with Gasteiger partial charge in [0, 0.05) is 24.7 Å². The Balaban J connectivity index is 1.94. The number of rotatable bonds is 7. The molecule has 0 saturated heterocycles. The Bertz CT molecular complexity index is 607. The zero-order valence-corrected chi connectivity index (χ0v) is 13.2. The van der Waals surface area contributed by atoms with Gasteiger partial charge in [-0.2, -0.15) is 4.98 Å². The number of unbranched alkanes of at least 4 members (excludes halogenated alkanes) is 1. The summed E-state index contributed by atoms with van der Waals surface area (Å²) in [6, 6.07) is 7.41. The van der Waals surface area contributed by atoms with Gasteiger partial charge in [-0.15, -0.1) is 0 Å². The lowest BCUT2D eigenvalue weighted by molar-refractivity contribution is -0.114. The Labute approximate surface area is 130 Å². The summed E-state index contributed by atoms with van der Waals surface area (Å²) >= 11 is 0. The van der Waals surface area contributed by atoms with Crippen molar-refractivity contribution in [3.63, 3.8) is 0 Å². The van der Waals surface area contributed by atoms with Gasteiger partial charge in [-0.1, -0.05) is 18.5 Å². The summed E-state index contributed by atoms with van der Waals surface area (Å²) in [5.74, 6) is 1.25. The van der Waals surface area contributed by atoms with Crippen molar-refractivity contribution in [2.24, 2.45) is 0 Å². The summed E-state index contributed by atoms with van der Waals surface area (Å²) in [5, 5.41) is 10.0. The summed E-state index contributed by atoms with van der Waals surface area (Å²) in [6.07, 6.45) is 3.02. The maximum atomic E-state index is 11.0. The van der Waals surface area contributed by atoms with Gasteiger partial charge in [0.05, 0.1) is 0 Å². The van der Waals surface area contributed by atoms with Gasteiger partial charge >= 0.3 is 0 Å². The van der Waals surface area contributed by atoms with Crippen LogP contribution in [0.15, 0.2) is 28.8 Å². The van der Waals surface area contributed by atoms with Gasteiger partial charge in [0.2, 0.25) is 11.8 Å². The Kier molecular flexibility index (Phi) is 5.52. The molecule has 0 bridgehead atoms. The van der Waals surface area contributed by atoms with Crippen molar-refractivity contribution in [1.82, 2.24) is 10.1 Å². The highest BCUT2D eigenvalue weighted by Gasteiger charge is 2.13. The van der Waals surface area contributed by atoms with Crippen molar-refractivity contribution in [1.29, 1.82) is 0 Å². The fraction of sp³-hybridized carbons (Fsp3) is 0.438. The van der Waals surface area contributed by atoms with Gasteiger partial charge in [0.1, 0.15) is 6.04 Å². The van der Waals surface area contributed by atoms with Crippen LogP contribution in [-0.4, -0.2) is 16.0 Å². The van der Waals surface area contributed by atoms with Gasteiger partial charge in [-0.25, -0.2) is 0 Å². The van der Waals surface area contributed by atoms with Crippen molar-refractivity contribution in [3.8, 4) is 0 Å². The molecule has 6 nitrogen and oxygen atoms in total. The molecule has 1 heterocycles. The van der Waals surface area contributed by atoms with E-state index in [1.54, 1.807) is 0 Å². The van der Waals surface area contributed by atoms with Crippen LogP contribution in [-0.2, 0) is 11.2 Å². The van der Waals surface area contributed by atoms with E-state index in [9.17, 15) is 4.79 Å². The van der Waals surface area contributed by atoms with Crippen molar-refractivity contribution in [2.45, 2.75) is 46.1 Å². The minimum Gasteiger partial charge on any atom is -0.374 e. The zero-order valence-electron chi connectivity index (χ0n) is 13.2. The van der Waals surface area contributed by atoms with E-state index in [4.69, 9.17) is 4.52 Å². The van der Waals surface area contributed by atoms with E-state index in [1.165, 1.54) is 6.92 Å². The molecule has 0 fully saturated rings. The first-order valence-electron chi connectivity index (χ1n) is 7.55. The van der Waals surface area contributed by atoms with Crippen molar-refractivity contribution >= 4 is 17.3 Å². The van der Waals surface area contributed by atoms with Crippen LogP contribution in [0.5, 0.6) is 0 Å². The molecule has 0 radical (unpaired) electrons. The number of carbonyl (C=O) groups is 1. The molecule has 0 saturated carbocycles. The third-order valence-electron chi connectivity index (χ3n) is 3.20. The third kappa shape index (κ3) is 4.58. The number of hydrogen-bond donors (Lipinski definition) is 2. The van der Waals surface area contributed by atoms with E-state index in [0.29, 0.717) is 5.89 Å². The number of carbonyl (C=O) groups excluding carboxylic acids is 1. The third-order valence-corrected chi connectivity index (χ3v) is 3.20. The van der Waals surface area contributed by atoms with E-state index in [1.807, 2.05) is 31.2 Å². The van der Waals surface area contributed by atoms with Gasteiger partial charge in [0.15, 0.2) is 5.82 Å². The van der Waals surface area contributed by atoms with E-state index in [2.05, 4.69) is 27.7 Å². The molecule has 0 aliphatic carbocycles. The Morgan fingerprint density at radius 3 is 2.59 bits per heavy atom. The molecule has 0 aliphatic rings. The zero-order chi connectivity index (χ0) is 15.9. The second-order valence-electron chi connectivity index (χ2n) is 5.28. The summed E-state index contributed by atoms with van der Waals surface area (Å²) in [4.78, 5) is 15.4. The summed E-state index contributed by atoms with van der Waals surface area (Å²) in [6.45, 7) is 5.59. The van der Waals surface area contributed by atoms with E-state index in [-0.39, 0.29) is 11.9 Å². The first kappa shape index (κ1) is 16.0. The molecule has 6 heteroatoms. The quantitative estimate of drug-likeness (QED) is 0.817. The van der Waals surface area contributed by atoms with Crippen LogP contribution in [0.1, 0.15) is 51.4 Å². The van der Waals surface area contributed by atoms with Gasteiger partial charge in [-0.3, -0.25) is 4.79 Å². The van der Waals surface area contributed by atoms with E-state index in [0.717, 1.165) is 36.5 Å². The van der Waals surface area contributed by atoms with Gasteiger partial charge < -0.3 is 15.2 Å². The predicted octanol–water partition coefficient (Wildman–Crippen LogP) is 3.54. The minimum absolute atomic E-state index is 0.0745. The maximum Gasteiger partial charge on any atom is 0.248 e. The molecule has 0 spiro atoms. The molecule has 1 unspecified atom stereocenters. The van der Waals surface area contributed by atoms with Gasteiger partial charge in [-0.05, 0) is 37.6 Å². The Morgan fingerprint density at radius 1 is 1.27 bits per heavy atom. The van der Waals surface area contributed by atoms with E-state index < -0.39 is 0 Å². The molecule has 118 valence electrons. The molecule has 0 aliphatic heterocycles. The molecule has 2 rings (SSSR count). The standard InChI is InChI=1S/C16H22N4O2/c1-4-5-6-15-19-16(22-20-15)11(2)17-13-7-9-14(10-8-13)18-12(3)21/h7-11,17H,4-6H2,1-3H3,(H,18,21). The van der Waals surface area contributed by atoms with Crippen LogP contribution in [0.3, 0.4) is 0 Å². The number of benzene rings is 1. The molecule has 1 aromatic carbocycles. The number of amides is 1. The lowest BCUT2D eigenvalue weighted by atomic mass is 10.2. The van der Waals surface area contributed by atoms with Crippen LogP contribution in [0.2, 0.25) is 0 Å². The first-order valence-corrected chi connectivity index (χ1v) is 7.55. The molecule has 1 amide bonds. The molecular formula is C16H22N4O2. The van der Waals surface area contributed by atoms with Crippen LogP contribution in [0, 0.1) is 0 Å². The number of hydrogen-bond acceptors (Lipinski definition) is 5. The van der Waals surface area contributed by atoms with Crippen molar-refractivity contribution in [3.05, 3.63) is 36.0 Å². The number of aryl methyl sites for hydroxylation is 1. The monoisotopic (exact) mass is 302 g/mol. The first-order chi connectivity index (χ1) is 10.6. The fourth-order valence-electron chi connectivity index (χ4n) is 2.04. The predicted molar refractivity (Wildman–Crippen MR) is 85.7 cm³/mol. The number of anilines is 2. The molecule has 22 heavy (non-hydrogen) atoms. The Morgan fingerprint density at radius 2 is 1.95 bits per heavy atom. The number of nitrogens with zero attached hydrogens (tertiary/aromatic N) is 2. The second-order valence-corrected chi connectivity index (χ2v) is 5.28. The maximum absolute atomic E-state index is 11.0. The molecule has 1 atom stereocenters. The highest BCUT2D eigenvalue weighted by molar-refractivity contribution is 5.88. The summed E-state index contributed by atoms with van der Waals surface area (Å²) in [5.41, 5.74) is 1.69. The summed E-state index contributed by atoms with van der Waals surface area (Å²) in [7, 11) is 0. The topological polar surface area (TPSA) is 80.0 Å². The number of nitrogens with one attached hydrogen (secondary N) is 2. The lowest BCUT2D eigenvalue weighted by Gasteiger charge is -2.11. The smallest absolute Gasteiger partial charge is 0.248 e. The highest BCUT2D eigenvalue weighted by atomic mass is 16.5. The molecular weight excluding hydrogens is 280 g/mol.